The summed E-state index contributed by atoms with van der Waals surface area (Å²) in [6.07, 6.45) is 14.0. The van der Waals surface area contributed by atoms with Gasteiger partial charge in [-0.05, 0) is 156 Å². The zero-order valence-electron chi connectivity index (χ0n) is 39.4. The van der Waals surface area contributed by atoms with E-state index in [1.165, 1.54) is 0 Å². The van der Waals surface area contributed by atoms with Gasteiger partial charge >= 0.3 is 0 Å². The van der Waals surface area contributed by atoms with Crippen molar-refractivity contribution in [1.82, 2.24) is 39.9 Å². The molecule has 4 aliphatic heterocycles. The van der Waals surface area contributed by atoms with Gasteiger partial charge in [0.2, 0.25) is 0 Å². The predicted octanol–water partition coefficient (Wildman–Crippen LogP) is 14.2. The monoisotopic (exact) mass is 928 g/mol. The molecule has 9 heteroatoms. The average Bonchev–Trinajstić information content (AvgIpc) is 4.25. The third-order valence-corrected chi connectivity index (χ3v) is 13.6. The van der Waals surface area contributed by atoms with Crippen molar-refractivity contribution < 1.29 is 4.79 Å². The van der Waals surface area contributed by atoms with Crippen LogP contribution in [0.25, 0.3) is 114 Å². The second kappa shape index (κ2) is 17.1. The highest BCUT2D eigenvalue weighted by Gasteiger charge is 2.28. The summed E-state index contributed by atoms with van der Waals surface area (Å²) in [7, 11) is 0. The van der Waals surface area contributed by atoms with Gasteiger partial charge in [0, 0.05) is 101 Å². The highest BCUT2D eigenvalue weighted by Crippen LogP contribution is 2.35. The number of aromatic nitrogens is 8. The van der Waals surface area contributed by atoms with Crippen LogP contribution in [-0.4, -0.2) is 46.2 Å². The van der Waals surface area contributed by atoms with Gasteiger partial charge in [-0.3, -0.25) is 9.78 Å². The SMILES string of the molecule is CC1(C)Cc2cc3ccc([nH]3)c(-c3ccc(C#Cc4ccc(-c5c6nc(cc7ccc([nH]7)c(-c7ccc(C=O)cc7)c7nc(cc8ccc5[nH]8)C=C7)C=C6)cc4)cc3)c3nc(cc4ccc(cc1n2)[nH]4)C=C3. The first kappa shape index (κ1) is 42.5. The lowest BCUT2D eigenvalue weighted by atomic mass is 9.87. The van der Waals surface area contributed by atoms with Gasteiger partial charge in [-0.25, -0.2) is 15.0 Å². The number of benzene rings is 3. The maximum absolute atomic E-state index is 11.4. The van der Waals surface area contributed by atoms with E-state index in [-0.39, 0.29) is 5.41 Å². The van der Waals surface area contributed by atoms with E-state index in [1.54, 1.807) is 0 Å². The molecular formula is C63H44N8O. The highest BCUT2D eigenvalue weighted by molar-refractivity contribution is 5.94. The number of aldehydes is 1. The van der Waals surface area contributed by atoms with E-state index in [9.17, 15) is 4.79 Å². The fraction of sp³-hybridized carbons (Fsp3) is 0.0635. The molecule has 10 heterocycles. The van der Waals surface area contributed by atoms with Crippen molar-refractivity contribution in [3.63, 3.8) is 0 Å². The van der Waals surface area contributed by atoms with Crippen molar-refractivity contribution in [3.05, 3.63) is 214 Å². The average molecular weight is 929 g/mol. The first-order chi connectivity index (χ1) is 35.2. The highest BCUT2D eigenvalue weighted by atomic mass is 16.1. The molecule has 0 atom stereocenters. The molecule has 0 saturated carbocycles. The Morgan fingerprint density at radius 2 is 0.819 bits per heavy atom. The van der Waals surface area contributed by atoms with Crippen LogP contribution < -0.4 is 0 Å². The van der Waals surface area contributed by atoms with E-state index in [1.807, 2.05) is 54.6 Å². The number of hydrogen-bond donors (Lipinski definition) is 4. The smallest absolute Gasteiger partial charge is 0.150 e. The molecule has 0 amide bonds. The van der Waals surface area contributed by atoms with Crippen molar-refractivity contribution in [2.75, 3.05) is 0 Å². The molecule has 3 aromatic carbocycles. The number of nitrogens with one attached hydrogen (secondary N) is 4. The minimum Gasteiger partial charge on any atom is -0.355 e. The molecule has 4 aliphatic rings. The van der Waals surface area contributed by atoms with Gasteiger partial charge in [-0.15, -0.1) is 0 Å². The summed E-state index contributed by atoms with van der Waals surface area (Å²) in [4.78, 5) is 46.3. The first-order valence-electron chi connectivity index (χ1n) is 24.0. The molecule has 9 aromatic rings. The van der Waals surface area contributed by atoms with Gasteiger partial charge in [0.1, 0.15) is 6.29 Å². The van der Waals surface area contributed by atoms with E-state index in [4.69, 9.17) is 19.9 Å². The summed E-state index contributed by atoms with van der Waals surface area (Å²) >= 11 is 0. The van der Waals surface area contributed by atoms with Gasteiger partial charge in [0.25, 0.3) is 0 Å². The van der Waals surface area contributed by atoms with Crippen LogP contribution in [0.3, 0.4) is 0 Å². The number of aromatic amines is 4. The Bertz CT molecular complexity index is 4220. The van der Waals surface area contributed by atoms with Crippen molar-refractivity contribution in [1.29, 1.82) is 0 Å². The number of fused-ring (bicyclic) bond motifs is 16. The minimum absolute atomic E-state index is 0.0765. The van der Waals surface area contributed by atoms with Crippen molar-refractivity contribution in [3.8, 4) is 45.2 Å². The molecule has 13 rings (SSSR count). The van der Waals surface area contributed by atoms with Crippen LogP contribution in [0.4, 0.5) is 0 Å². The van der Waals surface area contributed by atoms with Gasteiger partial charge in [0.05, 0.1) is 34.2 Å². The molecule has 6 aromatic heterocycles. The molecule has 0 fully saturated rings. The van der Waals surface area contributed by atoms with Crippen LogP contribution in [0, 0.1) is 11.8 Å². The largest absolute Gasteiger partial charge is 0.355 e. The maximum atomic E-state index is 11.4. The topological polar surface area (TPSA) is 132 Å². The Morgan fingerprint density at radius 3 is 1.26 bits per heavy atom. The van der Waals surface area contributed by atoms with Crippen LogP contribution >= 0.6 is 0 Å². The molecular weight excluding hydrogens is 885 g/mol. The number of rotatable bonds is 4. The maximum Gasteiger partial charge on any atom is 0.150 e. The summed E-state index contributed by atoms with van der Waals surface area (Å²) in [6, 6.07) is 51.6. The lowest BCUT2D eigenvalue weighted by Gasteiger charge is -2.15. The van der Waals surface area contributed by atoms with Gasteiger partial charge < -0.3 is 19.9 Å². The van der Waals surface area contributed by atoms with E-state index in [0.29, 0.717) is 5.56 Å². The second-order valence-electron chi connectivity index (χ2n) is 19.2. The molecule has 9 nitrogen and oxygen atoms in total. The summed E-state index contributed by atoms with van der Waals surface area (Å²) < 4.78 is 0. The van der Waals surface area contributed by atoms with Crippen LogP contribution in [-0.2, 0) is 11.8 Å². The van der Waals surface area contributed by atoms with Crippen molar-refractivity contribution >= 4 is 86.9 Å². The third kappa shape index (κ3) is 8.17. The Kier molecular flexibility index (Phi) is 10.1. The molecule has 16 bridgehead atoms. The molecule has 0 spiro atoms. The Hall–Kier alpha value is -9.65. The second-order valence-corrected chi connectivity index (χ2v) is 19.2. The molecule has 72 heavy (non-hydrogen) atoms. The zero-order chi connectivity index (χ0) is 48.3. The van der Waals surface area contributed by atoms with Gasteiger partial charge in [-0.1, -0.05) is 74.2 Å². The standard InChI is InChI=1S/C63H44N8O/c1-63(2)36-52-34-50-24-30-58(70-50)61(53-25-19-45(65-53)31-44-17-18-51(64-44)35-59(63)71-52)42-13-7-39(8-14-42)4-3-38-5-11-41(12-6-38)60-54-26-20-46(66-54)32-48-22-28-56(68-48)62(43-15-9-40(37-72)10-16-43)57-29-23-49(69-57)33-47-21-27-55(60)67-47/h5-35,37,64,66,69-70H,36H2,1-2H3. The Labute approximate surface area is 414 Å². The quantitative estimate of drug-likeness (QED) is 0.103. The van der Waals surface area contributed by atoms with Crippen molar-refractivity contribution in [2.24, 2.45) is 0 Å². The van der Waals surface area contributed by atoms with Crippen molar-refractivity contribution in [2.45, 2.75) is 25.7 Å². The Balaban J connectivity index is 0.838. The molecule has 0 radical (unpaired) electrons. The normalized spacial score (nSPS) is 13.2. The predicted molar refractivity (Wildman–Crippen MR) is 293 cm³/mol. The number of H-pyrrole nitrogens is 4. The van der Waals surface area contributed by atoms with Crippen LogP contribution in [0.2, 0.25) is 0 Å². The summed E-state index contributed by atoms with van der Waals surface area (Å²) in [5.74, 6) is 6.82. The van der Waals surface area contributed by atoms with Crippen LogP contribution in [0.1, 0.15) is 80.9 Å². The molecule has 0 saturated heterocycles. The number of hydrogen-bond acceptors (Lipinski definition) is 5. The first-order valence-corrected chi connectivity index (χ1v) is 24.0. The fourth-order valence-corrected chi connectivity index (χ4v) is 9.96. The lowest BCUT2D eigenvalue weighted by molar-refractivity contribution is 0.112. The van der Waals surface area contributed by atoms with E-state index >= 15 is 0 Å². The fourth-order valence-electron chi connectivity index (χ4n) is 9.96. The van der Waals surface area contributed by atoms with Gasteiger partial charge in [-0.2, -0.15) is 0 Å². The minimum atomic E-state index is -0.0765. The van der Waals surface area contributed by atoms with E-state index in [0.717, 1.165) is 147 Å². The third-order valence-electron chi connectivity index (χ3n) is 13.6. The van der Waals surface area contributed by atoms with E-state index in [2.05, 4.69) is 179 Å². The molecule has 4 N–H and O–H groups in total. The summed E-state index contributed by atoms with van der Waals surface area (Å²) in [6.45, 7) is 4.50. The van der Waals surface area contributed by atoms with Crippen LogP contribution in [0.15, 0.2) is 152 Å². The number of carbonyl (C=O) groups excluding carboxylic acids is 1. The van der Waals surface area contributed by atoms with E-state index < -0.39 is 0 Å². The molecule has 342 valence electrons. The lowest BCUT2D eigenvalue weighted by Crippen LogP contribution is -2.14. The van der Waals surface area contributed by atoms with Crippen LogP contribution in [0.5, 0.6) is 0 Å². The van der Waals surface area contributed by atoms with Gasteiger partial charge in [0.15, 0.2) is 0 Å². The number of nitrogens with zero attached hydrogens (tertiary/aromatic N) is 4. The Morgan fingerprint density at radius 1 is 0.431 bits per heavy atom. The number of carbonyl (C=O) groups is 1. The zero-order valence-corrected chi connectivity index (χ0v) is 39.4. The molecule has 0 aliphatic carbocycles. The summed E-state index contributed by atoms with van der Waals surface area (Å²) in [5, 5.41) is 0. The summed E-state index contributed by atoms with van der Waals surface area (Å²) in [5.41, 5.74) is 23.2. The molecule has 0 unspecified atom stereocenters.